The van der Waals surface area contributed by atoms with Crippen molar-refractivity contribution < 1.29 is 22.7 Å². The first-order valence-electron chi connectivity index (χ1n) is 8.05. The van der Waals surface area contributed by atoms with Gasteiger partial charge in [-0.2, -0.15) is 5.10 Å². The van der Waals surface area contributed by atoms with Gasteiger partial charge in [-0.3, -0.25) is 9.52 Å². The molecule has 146 valence electrons. The standard InChI is InChI=1S/C18H18N4O5S/c1-26-14-7-8-16(27-2)17(11-14)28(24,25)21-12-3-5-13(6-4-12)22-10-9-15(20-22)18(19)23/h3-11,21H,1-2H3,(H2,19,23). The highest BCUT2D eigenvalue weighted by molar-refractivity contribution is 7.92. The van der Waals surface area contributed by atoms with Crippen LogP contribution in [0.2, 0.25) is 0 Å². The summed E-state index contributed by atoms with van der Waals surface area (Å²) < 4.78 is 39.7. The van der Waals surface area contributed by atoms with Crippen LogP contribution >= 0.6 is 0 Å². The lowest BCUT2D eigenvalue weighted by Gasteiger charge is -2.13. The zero-order chi connectivity index (χ0) is 20.3. The number of anilines is 1. The van der Waals surface area contributed by atoms with Gasteiger partial charge in [0.25, 0.3) is 15.9 Å². The van der Waals surface area contributed by atoms with Gasteiger partial charge in [0.2, 0.25) is 0 Å². The highest BCUT2D eigenvalue weighted by atomic mass is 32.2. The van der Waals surface area contributed by atoms with E-state index in [-0.39, 0.29) is 16.3 Å². The highest BCUT2D eigenvalue weighted by Crippen LogP contribution is 2.29. The summed E-state index contributed by atoms with van der Waals surface area (Å²) in [5, 5.41) is 4.05. The van der Waals surface area contributed by atoms with E-state index in [1.165, 1.54) is 37.1 Å². The number of nitrogens with two attached hydrogens (primary N) is 1. The Kier molecular flexibility index (Phi) is 5.23. The van der Waals surface area contributed by atoms with Gasteiger partial charge in [0, 0.05) is 18.0 Å². The molecule has 0 aliphatic rings. The normalized spacial score (nSPS) is 11.1. The minimum atomic E-state index is -3.91. The van der Waals surface area contributed by atoms with Gasteiger partial charge >= 0.3 is 0 Å². The number of nitrogens with one attached hydrogen (secondary N) is 1. The van der Waals surface area contributed by atoms with E-state index in [0.29, 0.717) is 17.1 Å². The summed E-state index contributed by atoms with van der Waals surface area (Å²) in [5.74, 6) is -0.0451. The van der Waals surface area contributed by atoms with E-state index < -0.39 is 15.9 Å². The molecule has 0 saturated carbocycles. The lowest BCUT2D eigenvalue weighted by atomic mass is 10.3. The first-order chi connectivity index (χ1) is 13.3. The molecular weight excluding hydrogens is 384 g/mol. The van der Waals surface area contributed by atoms with Gasteiger partial charge in [-0.05, 0) is 42.5 Å². The maximum Gasteiger partial charge on any atom is 0.269 e. The van der Waals surface area contributed by atoms with Crippen molar-refractivity contribution in [3.05, 3.63) is 60.4 Å². The van der Waals surface area contributed by atoms with E-state index in [2.05, 4.69) is 9.82 Å². The zero-order valence-electron chi connectivity index (χ0n) is 15.1. The van der Waals surface area contributed by atoms with E-state index in [4.69, 9.17) is 15.2 Å². The van der Waals surface area contributed by atoms with Crippen molar-refractivity contribution in [3.8, 4) is 17.2 Å². The summed E-state index contributed by atoms with van der Waals surface area (Å²) >= 11 is 0. The summed E-state index contributed by atoms with van der Waals surface area (Å²) in [6, 6.07) is 12.5. The molecule has 0 bridgehead atoms. The van der Waals surface area contributed by atoms with Crippen molar-refractivity contribution in [1.29, 1.82) is 0 Å². The second-order valence-corrected chi connectivity index (χ2v) is 7.33. The first kappa shape index (κ1) is 19.2. The van der Waals surface area contributed by atoms with Crippen LogP contribution in [-0.2, 0) is 10.0 Å². The number of hydrogen-bond acceptors (Lipinski definition) is 6. The number of amides is 1. The van der Waals surface area contributed by atoms with Crippen molar-refractivity contribution in [3.63, 3.8) is 0 Å². The molecule has 0 fully saturated rings. The van der Waals surface area contributed by atoms with Gasteiger partial charge < -0.3 is 15.2 Å². The van der Waals surface area contributed by atoms with E-state index in [0.717, 1.165) is 0 Å². The van der Waals surface area contributed by atoms with E-state index in [9.17, 15) is 13.2 Å². The number of aromatic nitrogens is 2. The molecule has 0 aliphatic heterocycles. The number of methoxy groups -OCH3 is 2. The fraction of sp³-hybridized carbons (Fsp3) is 0.111. The number of carbonyl (C=O) groups excluding carboxylic acids is 1. The van der Waals surface area contributed by atoms with E-state index >= 15 is 0 Å². The molecule has 1 aromatic heterocycles. The number of sulfonamides is 1. The summed E-state index contributed by atoms with van der Waals surface area (Å²) in [6.45, 7) is 0. The smallest absolute Gasteiger partial charge is 0.269 e. The molecule has 10 heteroatoms. The Morgan fingerprint density at radius 3 is 2.36 bits per heavy atom. The van der Waals surface area contributed by atoms with Gasteiger partial charge in [0.05, 0.1) is 19.9 Å². The van der Waals surface area contributed by atoms with Crippen molar-refractivity contribution >= 4 is 21.6 Å². The van der Waals surface area contributed by atoms with Crippen molar-refractivity contribution in [2.24, 2.45) is 5.73 Å². The Bertz CT molecular complexity index is 1110. The number of benzene rings is 2. The van der Waals surface area contributed by atoms with Gasteiger partial charge in [0.1, 0.15) is 22.1 Å². The maximum atomic E-state index is 12.8. The van der Waals surface area contributed by atoms with Crippen LogP contribution in [0.1, 0.15) is 10.5 Å². The monoisotopic (exact) mass is 402 g/mol. The van der Waals surface area contributed by atoms with Crippen molar-refractivity contribution in [2.75, 3.05) is 18.9 Å². The summed E-state index contributed by atoms with van der Waals surface area (Å²) in [7, 11) is -1.08. The van der Waals surface area contributed by atoms with Crippen molar-refractivity contribution in [1.82, 2.24) is 9.78 Å². The third-order valence-electron chi connectivity index (χ3n) is 3.89. The van der Waals surface area contributed by atoms with Crippen LogP contribution in [0.3, 0.4) is 0 Å². The molecule has 1 amide bonds. The number of rotatable bonds is 7. The second-order valence-electron chi connectivity index (χ2n) is 5.68. The molecule has 0 spiro atoms. The van der Waals surface area contributed by atoms with Crippen LogP contribution in [-0.4, -0.2) is 38.3 Å². The highest BCUT2D eigenvalue weighted by Gasteiger charge is 2.21. The molecule has 3 rings (SSSR count). The molecule has 1 heterocycles. The Morgan fingerprint density at radius 1 is 1.07 bits per heavy atom. The Labute approximate surface area is 161 Å². The second kappa shape index (κ2) is 7.61. The molecule has 0 unspecified atom stereocenters. The minimum absolute atomic E-state index is 0.0448. The van der Waals surface area contributed by atoms with Gasteiger partial charge in [-0.15, -0.1) is 0 Å². The lowest BCUT2D eigenvalue weighted by molar-refractivity contribution is 0.0995. The van der Waals surface area contributed by atoms with Crippen LogP contribution in [0.4, 0.5) is 5.69 Å². The molecule has 3 aromatic rings. The summed E-state index contributed by atoms with van der Waals surface area (Å²) in [5.41, 5.74) is 6.30. The van der Waals surface area contributed by atoms with Crippen LogP contribution in [0, 0.1) is 0 Å². The fourth-order valence-electron chi connectivity index (χ4n) is 2.49. The Balaban J connectivity index is 1.86. The lowest BCUT2D eigenvalue weighted by Crippen LogP contribution is -2.14. The molecular formula is C18H18N4O5S. The quantitative estimate of drug-likeness (QED) is 0.621. The minimum Gasteiger partial charge on any atom is -0.497 e. The maximum absolute atomic E-state index is 12.8. The third-order valence-corrected chi connectivity index (χ3v) is 5.29. The molecule has 0 radical (unpaired) electrons. The first-order valence-corrected chi connectivity index (χ1v) is 9.53. The van der Waals surface area contributed by atoms with Crippen LogP contribution < -0.4 is 19.9 Å². The number of ether oxygens (including phenoxy) is 2. The summed E-state index contributed by atoms with van der Waals surface area (Å²) in [6.07, 6.45) is 1.58. The molecule has 0 saturated heterocycles. The number of carbonyl (C=O) groups is 1. The SMILES string of the molecule is COc1ccc(OC)c(S(=O)(=O)Nc2ccc(-n3ccc(C(N)=O)n3)cc2)c1. The van der Waals surface area contributed by atoms with Crippen molar-refractivity contribution in [2.45, 2.75) is 4.90 Å². The molecule has 0 atom stereocenters. The Hall–Kier alpha value is -3.53. The van der Waals surface area contributed by atoms with E-state index in [1.54, 1.807) is 36.5 Å². The Morgan fingerprint density at radius 2 is 1.79 bits per heavy atom. The molecule has 0 aliphatic carbocycles. The van der Waals surface area contributed by atoms with E-state index in [1.807, 2.05) is 0 Å². The topological polar surface area (TPSA) is 126 Å². The van der Waals surface area contributed by atoms with Gasteiger partial charge in [-0.1, -0.05) is 0 Å². The predicted molar refractivity (Wildman–Crippen MR) is 102 cm³/mol. The zero-order valence-corrected chi connectivity index (χ0v) is 15.9. The van der Waals surface area contributed by atoms with Crippen LogP contribution in [0.15, 0.2) is 59.6 Å². The fourth-order valence-corrected chi connectivity index (χ4v) is 3.73. The average molecular weight is 402 g/mol. The molecule has 28 heavy (non-hydrogen) atoms. The third kappa shape index (κ3) is 3.91. The van der Waals surface area contributed by atoms with Crippen LogP contribution in [0.5, 0.6) is 11.5 Å². The number of nitrogens with zero attached hydrogens (tertiary/aromatic N) is 2. The van der Waals surface area contributed by atoms with Gasteiger partial charge in [-0.25, -0.2) is 13.1 Å². The van der Waals surface area contributed by atoms with Crippen LogP contribution in [0.25, 0.3) is 5.69 Å². The predicted octanol–water partition coefficient (Wildman–Crippen LogP) is 1.79. The molecule has 2 aromatic carbocycles. The summed E-state index contributed by atoms with van der Waals surface area (Å²) in [4.78, 5) is 11.1. The molecule has 3 N–H and O–H groups in total. The number of primary amides is 1. The average Bonchev–Trinajstić information content (AvgIpc) is 3.18. The largest absolute Gasteiger partial charge is 0.497 e. The number of hydrogen-bond donors (Lipinski definition) is 2. The molecule has 9 nitrogen and oxygen atoms in total. The van der Waals surface area contributed by atoms with Gasteiger partial charge in [0.15, 0.2) is 0 Å².